The standard InChI is InChI=1S/C27H34N6O7/c1-4-5-10-23(34)31(25(18(2)3)27(36)37)17-19-11-13-20(14-12-19)21-8-6-7-9-22(21)26-28-30-32(29-26)24(35)15-16-40-33(38)39/h6-9,11-14,18,25,38-39H,4-5,10,15-17H2,1-3H3,(H,36,37)/t25-/m0/s1. The molecular weight excluding hydrogens is 520 g/mol. The molecule has 13 heteroatoms. The normalized spacial score (nSPS) is 12.1. The number of nitrogens with zero attached hydrogens (tertiary/aromatic N) is 6. The number of carbonyl (C=O) groups is 3. The number of carboxylic acid groups (broad SMARTS) is 1. The predicted octanol–water partition coefficient (Wildman–Crippen LogP) is 3.68. The van der Waals surface area contributed by atoms with E-state index in [-0.39, 0.29) is 37.2 Å². The first-order chi connectivity index (χ1) is 19.1. The summed E-state index contributed by atoms with van der Waals surface area (Å²) in [5.74, 6) is -1.80. The zero-order chi connectivity index (χ0) is 29.2. The van der Waals surface area contributed by atoms with Gasteiger partial charge in [0.15, 0.2) is 0 Å². The van der Waals surface area contributed by atoms with Crippen LogP contribution in [-0.4, -0.2) is 76.5 Å². The molecule has 0 saturated carbocycles. The van der Waals surface area contributed by atoms with E-state index in [9.17, 15) is 19.5 Å². The quantitative estimate of drug-likeness (QED) is 0.248. The summed E-state index contributed by atoms with van der Waals surface area (Å²) in [4.78, 5) is 43.9. The molecule has 1 amide bonds. The van der Waals surface area contributed by atoms with Crippen molar-refractivity contribution in [2.45, 2.75) is 59.0 Å². The average Bonchev–Trinajstić information content (AvgIpc) is 3.41. The fourth-order valence-corrected chi connectivity index (χ4v) is 4.25. The zero-order valence-electron chi connectivity index (χ0n) is 22.7. The summed E-state index contributed by atoms with van der Waals surface area (Å²) in [6.45, 7) is 5.45. The van der Waals surface area contributed by atoms with Crippen molar-refractivity contribution in [1.29, 1.82) is 0 Å². The second-order valence-corrected chi connectivity index (χ2v) is 9.53. The van der Waals surface area contributed by atoms with E-state index in [1.807, 2.05) is 43.3 Å². The molecule has 3 rings (SSSR count). The molecule has 0 unspecified atom stereocenters. The van der Waals surface area contributed by atoms with E-state index in [0.717, 1.165) is 27.9 Å². The Morgan fingerprint density at radius 2 is 1.68 bits per heavy atom. The van der Waals surface area contributed by atoms with Crippen molar-refractivity contribution in [3.05, 3.63) is 54.1 Å². The summed E-state index contributed by atoms with van der Waals surface area (Å²) in [7, 11) is 0. The molecule has 3 aromatic rings. The molecule has 0 aliphatic carbocycles. The van der Waals surface area contributed by atoms with Crippen molar-refractivity contribution in [3.8, 4) is 22.5 Å². The van der Waals surface area contributed by atoms with Crippen molar-refractivity contribution in [2.75, 3.05) is 6.61 Å². The van der Waals surface area contributed by atoms with Crippen LogP contribution in [0.3, 0.4) is 0 Å². The maximum absolute atomic E-state index is 13.0. The van der Waals surface area contributed by atoms with Crippen molar-refractivity contribution in [2.24, 2.45) is 5.92 Å². The van der Waals surface area contributed by atoms with Crippen LogP contribution in [0.15, 0.2) is 48.5 Å². The highest BCUT2D eigenvalue weighted by atomic mass is 17.1. The highest BCUT2D eigenvalue weighted by molar-refractivity contribution is 5.84. The fourth-order valence-electron chi connectivity index (χ4n) is 4.25. The van der Waals surface area contributed by atoms with E-state index in [2.05, 4.69) is 20.2 Å². The lowest BCUT2D eigenvalue weighted by Gasteiger charge is -2.32. The Balaban J connectivity index is 1.82. The Labute approximate surface area is 231 Å². The molecule has 0 bridgehead atoms. The number of amides is 1. The lowest BCUT2D eigenvalue weighted by atomic mass is 9.97. The molecule has 1 aromatic heterocycles. The van der Waals surface area contributed by atoms with Crippen LogP contribution in [-0.2, 0) is 21.0 Å². The van der Waals surface area contributed by atoms with Gasteiger partial charge in [0.2, 0.25) is 11.7 Å². The molecule has 0 fully saturated rings. The Bertz CT molecular complexity index is 1290. The average molecular weight is 555 g/mol. The lowest BCUT2D eigenvalue weighted by Crippen LogP contribution is -2.47. The molecule has 0 aliphatic heterocycles. The lowest BCUT2D eigenvalue weighted by molar-refractivity contribution is -0.491. The number of unbranched alkanes of at least 4 members (excludes halogenated alkanes) is 1. The molecule has 0 saturated heterocycles. The number of carbonyl (C=O) groups excluding carboxylic acids is 2. The minimum atomic E-state index is -1.03. The third-order valence-corrected chi connectivity index (χ3v) is 6.23. The van der Waals surface area contributed by atoms with Crippen molar-refractivity contribution >= 4 is 17.8 Å². The van der Waals surface area contributed by atoms with Gasteiger partial charge in [0.25, 0.3) is 5.91 Å². The van der Waals surface area contributed by atoms with Crippen LogP contribution in [0.25, 0.3) is 22.5 Å². The van der Waals surface area contributed by atoms with Crippen LogP contribution in [0, 0.1) is 5.92 Å². The second kappa shape index (κ2) is 14.4. The van der Waals surface area contributed by atoms with Crippen LogP contribution >= 0.6 is 0 Å². The van der Waals surface area contributed by atoms with Gasteiger partial charge in [0, 0.05) is 18.5 Å². The fraction of sp³-hybridized carbons (Fsp3) is 0.407. The maximum Gasteiger partial charge on any atom is 0.326 e. The Morgan fingerprint density at radius 1 is 1.00 bits per heavy atom. The third-order valence-electron chi connectivity index (χ3n) is 6.23. The molecule has 3 N–H and O–H groups in total. The highest BCUT2D eigenvalue weighted by Crippen LogP contribution is 2.30. The van der Waals surface area contributed by atoms with E-state index in [4.69, 9.17) is 10.4 Å². The number of benzene rings is 2. The monoisotopic (exact) mass is 554 g/mol. The highest BCUT2D eigenvalue weighted by Gasteiger charge is 2.32. The van der Waals surface area contributed by atoms with Gasteiger partial charge in [0.1, 0.15) is 6.04 Å². The third kappa shape index (κ3) is 7.99. The second-order valence-electron chi connectivity index (χ2n) is 9.53. The topological polar surface area (TPSA) is 171 Å². The number of tetrazole rings is 1. The first-order valence-electron chi connectivity index (χ1n) is 13.0. The van der Waals surface area contributed by atoms with Gasteiger partial charge in [-0.3, -0.25) is 24.8 Å². The predicted molar refractivity (Wildman–Crippen MR) is 142 cm³/mol. The van der Waals surface area contributed by atoms with Crippen LogP contribution in [0.2, 0.25) is 0 Å². The summed E-state index contributed by atoms with van der Waals surface area (Å²) in [5.41, 5.74) is 3.02. The van der Waals surface area contributed by atoms with Gasteiger partial charge in [-0.25, -0.2) is 4.79 Å². The minimum absolute atomic E-state index is 0.172. The molecular formula is C27H34N6O7. The number of hydrogen-bond acceptors (Lipinski definition) is 10. The van der Waals surface area contributed by atoms with Crippen molar-refractivity contribution in [1.82, 2.24) is 30.5 Å². The van der Waals surface area contributed by atoms with Gasteiger partial charge in [-0.15, -0.1) is 10.2 Å². The first kappa shape index (κ1) is 30.5. The van der Waals surface area contributed by atoms with Crippen LogP contribution in [0.1, 0.15) is 56.8 Å². The summed E-state index contributed by atoms with van der Waals surface area (Å²) in [6, 6.07) is 13.8. The van der Waals surface area contributed by atoms with Gasteiger partial charge >= 0.3 is 5.97 Å². The number of carboxylic acids is 1. The number of aromatic nitrogens is 4. The largest absolute Gasteiger partial charge is 0.480 e. The zero-order valence-corrected chi connectivity index (χ0v) is 22.7. The van der Waals surface area contributed by atoms with Gasteiger partial charge < -0.3 is 10.0 Å². The summed E-state index contributed by atoms with van der Waals surface area (Å²) < 4.78 is 0. The molecule has 40 heavy (non-hydrogen) atoms. The molecule has 0 spiro atoms. The summed E-state index contributed by atoms with van der Waals surface area (Å²) in [5, 5.41) is 38.5. The van der Waals surface area contributed by atoms with Crippen molar-refractivity contribution in [3.63, 3.8) is 0 Å². The van der Waals surface area contributed by atoms with E-state index < -0.39 is 23.3 Å². The molecule has 0 aliphatic rings. The molecule has 2 aromatic carbocycles. The SMILES string of the molecule is CCCCC(=O)N(Cc1ccc(-c2ccccc2-c2nnn(C(=O)CCON(O)O)n2)cc1)[C@H](C(=O)O)C(C)C. The smallest absolute Gasteiger partial charge is 0.326 e. The van der Waals surface area contributed by atoms with E-state index >= 15 is 0 Å². The summed E-state index contributed by atoms with van der Waals surface area (Å²) in [6.07, 6.45) is 1.61. The molecule has 1 heterocycles. The van der Waals surface area contributed by atoms with Gasteiger partial charge in [0.05, 0.1) is 18.4 Å². The van der Waals surface area contributed by atoms with Gasteiger partial charge in [-0.2, -0.15) is 0 Å². The Kier molecular flexibility index (Phi) is 11.0. The Morgan fingerprint density at radius 3 is 2.27 bits per heavy atom. The van der Waals surface area contributed by atoms with Crippen LogP contribution in [0.5, 0.6) is 0 Å². The van der Waals surface area contributed by atoms with Crippen LogP contribution in [0.4, 0.5) is 0 Å². The van der Waals surface area contributed by atoms with Crippen LogP contribution < -0.4 is 0 Å². The van der Waals surface area contributed by atoms with E-state index in [1.54, 1.807) is 26.0 Å². The molecule has 0 radical (unpaired) electrons. The van der Waals surface area contributed by atoms with Gasteiger partial charge in [-0.1, -0.05) is 80.5 Å². The maximum atomic E-state index is 13.0. The van der Waals surface area contributed by atoms with Crippen molar-refractivity contribution < 1.29 is 34.7 Å². The van der Waals surface area contributed by atoms with Gasteiger partial charge in [-0.05, 0) is 34.2 Å². The van der Waals surface area contributed by atoms with E-state index in [1.165, 1.54) is 4.90 Å². The molecule has 1 atom stereocenters. The number of hydrogen-bond donors (Lipinski definition) is 3. The minimum Gasteiger partial charge on any atom is -0.480 e. The summed E-state index contributed by atoms with van der Waals surface area (Å²) >= 11 is 0. The molecule has 214 valence electrons. The Hall–Kier alpha value is -4.04. The first-order valence-corrected chi connectivity index (χ1v) is 13.0. The van der Waals surface area contributed by atoms with E-state index in [0.29, 0.717) is 18.4 Å². The number of aliphatic carboxylic acids is 1. The number of rotatable bonds is 14. The molecule has 13 nitrogen and oxygen atoms in total.